The summed E-state index contributed by atoms with van der Waals surface area (Å²) in [5, 5.41) is 5.20. The van der Waals surface area contributed by atoms with E-state index in [0.29, 0.717) is 16.4 Å². The van der Waals surface area contributed by atoms with Gasteiger partial charge < -0.3 is 10.6 Å². The van der Waals surface area contributed by atoms with Crippen LogP contribution in [-0.2, 0) is 16.6 Å². The van der Waals surface area contributed by atoms with Crippen LogP contribution in [0.4, 0.5) is 34.8 Å². The van der Waals surface area contributed by atoms with Gasteiger partial charge in [-0.3, -0.25) is 9.52 Å². The van der Waals surface area contributed by atoms with Gasteiger partial charge in [-0.05, 0) is 103 Å². The van der Waals surface area contributed by atoms with Crippen LogP contribution >= 0.6 is 22.6 Å². The summed E-state index contributed by atoms with van der Waals surface area (Å²) in [6.07, 6.45) is 4.18. The van der Waals surface area contributed by atoms with Gasteiger partial charge in [0.25, 0.3) is 5.91 Å². The number of hydrogen-bond donors (Lipinski definition) is 4. The van der Waals surface area contributed by atoms with Gasteiger partial charge in [-0.1, -0.05) is 0 Å². The standard InChI is InChI=1S/C27H26F4IN5O3S/c1-27(8-2-9-27)37-41(39,40)36-25-22(30)14(7-10-33-25)11-15-12-18(26(38)34-17-4-5-17)24(23(31)21(15)29)35-20-6-3-16(32)13-19(20)28/h3,6-7,10,12-13,17,35,37H,2,4-5,8-9,11H2,1H3,(H,33,36)(H,34,38). The second-order valence-corrected chi connectivity index (χ2v) is 13.2. The van der Waals surface area contributed by atoms with E-state index in [1.54, 1.807) is 13.0 Å². The molecule has 218 valence electrons. The van der Waals surface area contributed by atoms with Crippen LogP contribution in [0.3, 0.4) is 0 Å². The van der Waals surface area contributed by atoms with Crippen molar-refractivity contribution in [3.05, 3.63) is 80.1 Å². The Morgan fingerprint density at radius 1 is 1.05 bits per heavy atom. The maximum Gasteiger partial charge on any atom is 0.300 e. The lowest BCUT2D eigenvalue weighted by Gasteiger charge is -2.38. The number of nitrogens with zero attached hydrogens (tertiary/aromatic N) is 1. The first-order valence-electron chi connectivity index (χ1n) is 12.8. The monoisotopic (exact) mass is 703 g/mol. The Hall–Kier alpha value is -2.98. The first-order chi connectivity index (χ1) is 19.3. The third kappa shape index (κ3) is 6.75. The molecule has 3 aromatic rings. The molecule has 4 N–H and O–H groups in total. The van der Waals surface area contributed by atoms with Crippen molar-refractivity contribution >= 4 is 55.9 Å². The Bertz CT molecular complexity index is 1630. The zero-order valence-corrected chi connectivity index (χ0v) is 24.7. The highest BCUT2D eigenvalue weighted by Crippen LogP contribution is 2.34. The molecule has 2 aliphatic rings. The van der Waals surface area contributed by atoms with Crippen LogP contribution in [0.2, 0.25) is 0 Å². The summed E-state index contributed by atoms with van der Waals surface area (Å²) in [7, 11) is -4.17. The van der Waals surface area contributed by atoms with Gasteiger partial charge in [0.15, 0.2) is 23.3 Å². The van der Waals surface area contributed by atoms with Crippen molar-refractivity contribution < 1.29 is 30.8 Å². The van der Waals surface area contributed by atoms with Crippen molar-refractivity contribution in [1.29, 1.82) is 0 Å². The average molecular weight is 704 g/mol. The zero-order chi connectivity index (χ0) is 29.5. The normalized spacial score (nSPS) is 16.1. The summed E-state index contributed by atoms with van der Waals surface area (Å²) < 4.78 is 91.0. The lowest BCUT2D eigenvalue weighted by atomic mass is 9.80. The van der Waals surface area contributed by atoms with E-state index in [1.807, 2.05) is 22.6 Å². The SMILES string of the molecule is CC1(NS(=O)(=O)Nc2nccc(Cc3cc(C(=O)NC4CC4)c(Nc4ccc(I)cc4F)c(F)c3F)c2F)CCC1. The fourth-order valence-corrected chi connectivity index (χ4v) is 6.26. The Labute approximate surface area is 248 Å². The van der Waals surface area contributed by atoms with E-state index in [1.165, 1.54) is 18.2 Å². The second kappa shape index (κ2) is 11.4. The van der Waals surface area contributed by atoms with Crippen LogP contribution in [0.25, 0.3) is 0 Å². The highest BCUT2D eigenvalue weighted by Gasteiger charge is 2.36. The maximum atomic E-state index is 15.5. The summed E-state index contributed by atoms with van der Waals surface area (Å²) in [4.78, 5) is 16.8. The number of carbonyl (C=O) groups excluding carboxylic acids is 1. The molecule has 1 amide bonds. The Morgan fingerprint density at radius 2 is 1.78 bits per heavy atom. The van der Waals surface area contributed by atoms with Crippen LogP contribution in [0.1, 0.15) is 60.5 Å². The summed E-state index contributed by atoms with van der Waals surface area (Å²) in [6.45, 7) is 1.73. The molecule has 0 atom stereocenters. The molecule has 5 rings (SSSR count). The first kappa shape index (κ1) is 29.5. The summed E-state index contributed by atoms with van der Waals surface area (Å²) in [6, 6.07) is 6.23. The molecule has 0 aliphatic heterocycles. The molecule has 8 nitrogen and oxygen atoms in total. The molecule has 0 spiro atoms. The fourth-order valence-electron chi connectivity index (χ4n) is 4.51. The Kier molecular flexibility index (Phi) is 8.18. The summed E-state index contributed by atoms with van der Waals surface area (Å²) >= 11 is 1.90. The van der Waals surface area contributed by atoms with Gasteiger partial charge in [-0.25, -0.2) is 22.5 Å². The van der Waals surface area contributed by atoms with Crippen LogP contribution < -0.4 is 20.1 Å². The second-order valence-electron chi connectivity index (χ2n) is 10.5. The van der Waals surface area contributed by atoms with Crippen molar-refractivity contribution in [2.24, 2.45) is 0 Å². The van der Waals surface area contributed by atoms with E-state index in [2.05, 4.69) is 25.1 Å². The van der Waals surface area contributed by atoms with Gasteiger partial charge in [0.05, 0.1) is 16.9 Å². The molecular weight excluding hydrogens is 677 g/mol. The first-order valence-corrected chi connectivity index (χ1v) is 15.4. The van der Waals surface area contributed by atoms with Crippen molar-refractivity contribution in [1.82, 2.24) is 15.0 Å². The van der Waals surface area contributed by atoms with Gasteiger partial charge in [-0.2, -0.15) is 13.1 Å². The lowest BCUT2D eigenvalue weighted by molar-refractivity contribution is 0.0951. The van der Waals surface area contributed by atoms with Gasteiger partial charge in [0.1, 0.15) is 5.82 Å². The zero-order valence-electron chi connectivity index (χ0n) is 21.8. The van der Waals surface area contributed by atoms with Crippen molar-refractivity contribution in [2.75, 3.05) is 10.0 Å². The fraction of sp³-hybridized carbons (Fsp3) is 0.333. The largest absolute Gasteiger partial charge is 0.350 e. The topological polar surface area (TPSA) is 112 Å². The van der Waals surface area contributed by atoms with Crippen molar-refractivity contribution in [3.8, 4) is 0 Å². The van der Waals surface area contributed by atoms with Gasteiger partial charge in [0.2, 0.25) is 0 Å². The Balaban J connectivity index is 1.47. The minimum absolute atomic E-state index is 0.119. The molecule has 2 fully saturated rings. The molecule has 2 saturated carbocycles. The molecule has 0 radical (unpaired) electrons. The molecule has 14 heteroatoms. The molecule has 0 saturated heterocycles. The number of amides is 1. The number of pyridine rings is 1. The van der Waals surface area contributed by atoms with Gasteiger partial charge in [0, 0.05) is 27.8 Å². The van der Waals surface area contributed by atoms with E-state index in [9.17, 15) is 17.6 Å². The van der Waals surface area contributed by atoms with E-state index in [4.69, 9.17) is 0 Å². The molecule has 0 bridgehead atoms. The molecule has 1 aromatic heterocycles. The molecule has 2 aromatic carbocycles. The third-order valence-electron chi connectivity index (χ3n) is 7.05. The average Bonchev–Trinajstić information content (AvgIpc) is 3.70. The minimum Gasteiger partial charge on any atom is -0.350 e. The smallest absolute Gasteiger partial charge is 0.300 e. The number of hydrogen-bond acceptors (Lipinski definition) is 5. The molecule has 1 heterocycles. The van der Waals surface area contributed by atoms with Crippen molar-refractivity contribution in [3.63, 3.8) is 0 Å². The van der Waals surface area contributed by atoms with Crippen LogP contribution in [0.15, 0.2) is 36.5 Å². The summed E-state index contributed by atoms with van der Waals surface area (Å²) in [5.41, 5.74) is -2.23. The van der Waals surface area contributed by atoms with Crippen molar-refractivity contribution in [2.45, 2.75) is 57.0 Å². The summed E-state index contributed by atoms with van der Waals surface area (Å²) in [5.74, 6) is -5.96. The quantitative estimate of drug-likeness (QED) is 0.161. The van der Waals surface area contributed by atoms with Gasteiger partial charge >= 0.3 is 10.2 Å². The maximum absolute atomic E-state index is 15.5. The third-order valence-corrected chi connectivity index (χ3v) is 8.94. The number of nitrogens with one attached hydrogen (secondary N) is 4. The highest BCUT2D eigenvalue weighted by atomic mass is 127. The van der Waals surface area contributed by atoms with E-state index < -0.39 is 62.9 Å². The highest BCUT2D eigenvalue weighted by molar-refractivity contribution is 14.1. The van der Waals surface area contributed by atoms with Crippen LogP contribution in [0, 0.1) is 26.8 Å². The minimum atomic E-state index is -4.17. The number of anilines is 3. The predicted octanol–water partition coefficient (Wildman–Crippen LogP) is 5.66. The van der Waals surface area contributed by atoms with E-state index in [-0.39, 0.29) is 28.4 Å². The number of rotatable bonds is 10. The molecule has 2 aliphatic carbocycles. The number of carbonyl (C=O) groups is 1. The Morgan fingerprint density at radius 3 is 2.41 bits per heavy atom. The van der Waals surface area contributed by atoms with Gasteiger partial charge in [-0.15, -0.1) is 0 Å². The van der Waals surface area contributed by atoms with Crippen LogP contribution in [0.5, 0.6) is 0 Å². The number of benzene rings is 2. The lowest BCUT2D eigenvalue weighted by Crippen LogP contribution is -2.52. The molecule has 0 unspecified atom stereocenters. The number of halogens is 5. The molecular formula is C27H26F4IN5O3S. The van der Waals surface area contributed by atoms with Crippen LogP contribution in [-0.4, -0.2) is 30.9 Å². The van der Waals surface area contributed by atoms with E-state index in [0.717, 1.165) is 31.5 Å². The molecule has 41 heavy (non-hydrogen) atoms. The van der Waals surface area contributed by atoms with E-state index >= 15 is 13.2 Å². The number of aromatic nitrogens is 1. The predicted molar refractivity (Wildman–Crippen MR) is 154 cm³/mol.